The fourth-order valence-corrected chi connectivity index (χ4v) is 1.36. The lowest BCUT2D eigenvalue weighted by atomic mass is 10.1. The molecule has 0 fully saturated rings. The van der Waals surface area contributed by atoms with Crippen LogP contribution in [-0.2, 0) is 11.3 Å². The van der Waals surface area contributed by atoms with Gasteiger partial charge in [-0.1, -0.05) is 17.3 Å². The van der Waals surface area contributed by atoms with Gasteiger partial charge in [0, 0.05) is 0 Å². The van der Waals surface area contributed by atoms with Crippen LogP contribution in [0.25, 0.3) is 0 Å². The lowest BCUT2D eigenvalue weighted by Crippen LogP contribution is -2.21. The summed E-state index contributed by atoms with van der Waals surface area (Å²) >= 11 is 6.88. The molecule has 1 aromatic heterocycles. The van der Waals surface area contributed by atoms with Gasteiger partial charge in [-0.25, -0.2) is 0 Å². The molecule has 0 aliphatic heterocycles. The molecule has 0 bridgehead atoms. The van der Waals surface area contributed by atoms with Gasteiger partial charge in [-0.3, -0.25) is 0 Å². The first-order valence-electron chi connectivity index (χ1n) is 3.63. The summed E-state index contributed by atoms with van der Waals surface area (Å²) < 4.78 is 5.81. The van der Waals surface area contributed by atoms with Crippen molar-refractivity contribution in [3.8, 4) is 12.3 Å². The normalized spacial score (nSPS) is 11.2. The Morgan fingerprint density at radius 3 is 2.77 bits per heavy atom. The van der Waals surface area contributed by atoms with Crippen molar-refractivity contribution >= 4 is 22.9 Å². The maximum atomic E-state index is 5.59. The second kappa shape index (κ2) is 4.05. The number of ether oxygens (including phenoxy) is 1. The van der Waals surface area contributed by atoms with Crippen molar-refractivity contribution < 1.29 is 4.74 Å². The van der Waals surface area contributed by atoms with E-state index in [4.69, 9.17) is 22.8 Å². The van der Waals surface area contributed by atoms with Gasteiger partial charge >= 0.3 is 0 Å². The van der Waals surface area contributed by atoms with Gasteiger partial charge in [0.25, 0.3) is 0 Å². The molecule has 0 unspecified atom stereocenters. The number of halogens is 1. The third-order valence-electron chi connectivity index (χ3n) is 1.35. The summed E-state index contributed by atoms with van der Waals surface area (Å²) in [5.74, 6) is 2.52. The summed E-state index contributed by atoms with van der Waals surface area (Å²) in [6.45, 7) is 3.98. The molecule has 0 radical (unpaired) electrons. The summed E-state index contributed by atoms with van der Waals surface area (Å²) in [4.78, 5) is 0. The van der Waals surface area contributed by atoms with Gasteiger partial charge < -0.3 is 4.74 Å². The number of terminal acetylenes is 1. The highest BCUT2D eigenvalue weighted by Gasteiger charge is 2.15. The van der Waals surface area contributed by atoms with Gasteiger partial charge in [0.05, 0.1) is 0 Å². The molecular formula is C8H9ClN2OS. The molecule has 0 saturated carbocycles. The van der Waals surface area contributed by atoms with Crippen LogP contribution in [0.2, 0.25) is 4.47 Å². The number of aromatic nitrogens is 2. The van der Waals surface area contributed by atoms with E-state index in [1.807, 2.05) is 13.8 Å². The Morgan fingerprint density at radius 2 is 2.31 bits per heavy atom. The van der Waals surface area contributed by atoms with Crippen molar-refractivity contribution in [3.05, 3.63) is 9.47 Å². The minimum atomic E-state index is -0.571. The molecule has 0 atom stereocenters. The fraction of sp³-hybridized carbons (Fsp3) is 0.500. The monoisotopic (exact) mass is 216 g/mol. The first kappa shape index (κ1) is 10.5. The predicted octanol–water partition coefficient (Wildman–Crippen LogP) is 2.12. The van der Waals surface area contributed by atoms with Gasteiger partial charge in [0.15, 0.2) is 0 Å². The van der Waals surface area contributed by atoms with E-state index in [0.717, 1.165) is 5.01 Å². The second-order valence-corrected chi connectivity index (χ2v) is 4.54. The minimum absolute atomic E-state index is 0.349. The highest BCUT2D eigenvalue weighted by molar-refractivity contribution is 7.15. The summed E-state index contributed by atoms with van der Waals surface area (Å²) in [6.07, 6.45) is 5.24. The van der Waals surface area contributed by atoms with Crippen LogP contribution in [0.5, 0.6) is 0 Å². The third kappa shape index (κ3) is 3.31. The van der Waals surface area contributed by atoms with Crippen molar-refractivity contribution in [1.29, 1.82) is 0 Å². The molecular weight excluding hydrogens is 208 g/mol. The standard InChI is InChI=1S/C8H9ClN2OS/c1-4-8(2,3)12-5-6-10-11-7(9)13-6/h1H,5H2,2-3H3. The van der Waals surface area contributed by atoms with Gasteiger partial charge in [-0.2, -0.15) is 0 Å². The average Bonchev–Trinajstić information content (AvgIpc) is 2.48. The van der Waals surface area contributed by atoms with E-state index in [0.29, 0.717) is 11.1 Å². The molecule has 0 aliphatic rings. The molecule has 0 saturated heterocycles. The Kier molecular flexibility index (Phi) is 3.26. The minimum Gasteiger partial charge on any atom is -0.356 e. The van der Waals surface area contributed by atoms with E-state index in [1.54, 1.807) is 0 Å². The number of rotatable bonds is 3. The Balaban J connectivity index is 2.49. The van der Waals surface area contributed by atoms with Crippen LogP contribution >= 0.6 is 22.9 Å². The molecule has 1 rings (SSSR count). The van der Waals surface area contributed by atoms with Crippen LogP contribution in [0.3, 0.4) is 0 Å². The molecule has 0 spiro atoms. The maximum absolute atomic E-state index is 5.59. The molecule has 0 aliphatic carbocycles. The fourth-order valence-electron chi connectivity index (χ4n) is 0.575. The smallest absolute Gasteiger partial charge is 0.207 e. The van der Waals surface area contributed by atoms with Gasteiger partial charge in [-0.15, -0.1) is 16.6 Å². The van der Waals surface area contributed by atoms with Gasteiger partial charge in [0.2, 0.25) is 4.47 Å². The van der Waals surface area contributed by atoms with Crippen LogP contribution in [0.4, 0.5) is 0 Å². The number of hydrogen-bond acceptors (Lipinski definition) is 4. The molecule has 13 heavy (non-hydrogen) atoms. The summed E-state index contributed by atoms with van der Waals surface area (Å²) in [7, 11) is 0. The van der Waals surface area contributed by atoms with Gasteiger partial charge in [0.1, 0.15) is 17.2 Å². The highest BCUT2D eigenvalue weighted by Crippen LogP contribution is 2.18. The predicted molar refractivity (Wildman–Crippen MR) is 52.6 cm³/mol. The molecule has 0 N–H and O–H groups in total. The van der Waals surface area contributed by atoms with Crippen molar-refractivity contribution in [1.82, 2.24) is 10.2 Å². The largest absolute Gasteiger partial charge is 0.356 e. The summed E-state index contributed by atoms with van der Waals surface area (Å²) in [5.41, 5.74) is -0.571. The number of hydrogen-bond donors (Lipinski definition) is 0. The first-order chi connectivity index (χ1) is 6.03. The molecule has 1 heterocycles. The molecule has 5 heteroatoms. The Hall–Kier alpha value is -0.630. The lowest BCUT2D eigenvalue weighted by Gasteiger charge is -2.16. The van der Waals surface area contributed by atoms with Crippen LogP contribution in [0.15, 0.2) is 0 Å². The third-order valence-corrected chi connectivity index (χ3v) is 2.34. The van der Waals surface area contributed by atoms with Crippen molar-refractivity contribution in [2.45, 2.75) is 26.1 Å². The summed E-state index contributed by atoms with van der Waals surface area (Å²) in [5, 5.41) is 8.17. The Labute approximate surface area is 86.1 Å². The van der Waals surface area contributed by atoms with E-state index in [1.165, 1.54) is 11.3 Å². The van der Waals surface area contributed by atoms with E-state index in [9.17, 15) is 0 Å². The molecule has 3 nitrogen and oxygen atoms in total. The van der Waals surface area contributed by atoms with Crippen molar-refractivity contribution in [2.75, 3.05) is 0 Å². The van der Waals surface area contributed by atoms with Crippen molar-refractivity contribution in [2.24, 2.45) is 0 Å². The molecule has 0 amide bonds. The topological polar surface area (TPSA) is 35.0 Å². The SMILES string of the molecule is C#CC(C)(C)OCc1nnc(Cl)s1. The van der Waals surface area contributed by atoms with Crippen LogP contribution < -0.4 is 0 Å². The molecule has 0 aromatic carbocycles. The van der Waals surface area contributed by atoms with E-state index < -0.39 is 5.60 Å². The molecule has 70 valence electrons. The van der Waals surface area contributed by atoms with Crippen LogP contribution in [0, 0.1) is 12.3 Å². The van der Waals surface area contributed by atoms with E-state index >= 15 is 0 Å². The zero-order valence-corrected chi connectivity index (χ0v) is 8.95. The average molecular weight is 217 g/mol. The second-order valence-electron chi connectivity index (χ2n) is 2.89. The van der Waals surface area contributed by atoms with Gasteiger partial charge in [-0.05, 0) is 25.4 Å². The number of nitrogens with zero attached hydrogens (tertiary/aromatic N) is 2. The zero-order chi connectivity index (χ0) is 9.90. The van der Waals surface area contributed by atoms with E-state index in [-0.39, 0.29) is 0 Å². The zero-order valence-electron chi connectivity index (χ0n) is 7.37. The highest BCUT2D eigenvalue weighted by atomic mass is 35.5. The summed E-state index contributed by atoms with van der Waals surface area (Å²) in [6, 6.07) is 0. The van der Waals surface area contributed by atoms with E-state index in [2.05, 4.69) is 16.1 Å². The van der Waals surface area contributed by atoms with Crippen molar-refractivity contribution in [3.63, 3.8) is 0 Å². The quantitative estimate of drug-likeness (QED) is 0.726. The first-order valence-corrected chi connectivity index (χ1v) is 4.82. The Morgan fingerprint density at radius 1 is 1.62 bits per heavy atom. The maximum Gasteiger partial charge on any atom is 0.207 e. The van der Waals surface area contributed by atoms with Crippen LogP contribution in [-0.4, -0.2) is 15.8 Å². The molecule has 1 aromatic rings. The van der Waals surface area contributed by atoms with Crippen LogP contribution in [0.1, 0.15) is 18.9 Å². The lowest BCUT2D eigenvalue weighted by molar-refractivity contribution is 0.0142. The Bertz CT molecular complexity index is 329.